The number of aliphatic carboxylic acids is 1. The van der Waals surface area contributed by atoms with Crippen LogP contribution in [0, 0.1) is 10.1 Å². The minimum absolute atomic E-state index is 0.122. The highest BCUT2D eigenvalue weighted by Gasteiger charge is 2.42. The van der Waals surface area contributed by atoms with Gasteiger partial charge in [-0.05, 0) is 0 Å². The molecule has 1 rings (SSSR count). The van der Waals surface area contributed by atoms with Gasteiger partial charge in [0.1, 0.15) is 11.9 Å². The van der Waals surface area contributed by atoms with Gasteiger partial charge in [-0.2, -0.15) is 5.10 Å². The first-order valence-electron chi connectivity index (χ1n) is 4.76. The highest BCUT2D eigenvalue weighted by Crippen LogP contribution is 2.33. The van der Waals surface area contributed by atoms with E-state index in [-0.39, 0.29) is 11.4 Å². The van der Waals surface area contributed by atoms with E-state index in [4.69, 9.17) is 9.84 Å². The average molecular weight is 243 g/mol. The summed E-state index contributed by atoms with van der Waals surface area (Å²) in [6.07, 6.45) is -0.160. The molecule has 0 spiro atoms. The zero-order chi connectivity index (χ0) is 13.2. The van der Waals surface area contributed by atoms with Crippen LogP contribution in [0.5, 0.6) is 0 Å². The van der Waals surface area contributed by atoms with Crippen LogP contribution in [0.1, 0.15) is 19.5 Å². The van der Waals surface area contributed by atoms with Crippen LogP contribution in [-0.4, -0.2) is 39.4 Å². The van der Waals surface area contributed by atoms with Crippen LogP contribution in [0.3, 0.4) is 0 Å². The van der Waals surface area contributed by atoms with Crippen LogP contribution >= 0.6 is 0 Å². The second-order valence-electron chi connectivity index (χ2n) is 4.06. The molecule has 94 valence electrons. The molecule has 8 nitrogen and oxygen atoms in total. The van der Waals surface area contributed by atoms with Gasteiger partial charge in [-0.3, -0.25) is 15.2 Å². The number of nitrogens with one attached hydrogen (secondary N) is 1. The first-order chi connectivity index (χ1) is 7.82. The van der Waals surface area contributed by atoms with Gasteiger partial charge < -0.3 is 9.84 Å². The number of rotatable bonds is 5. The zero-order valence-corrected chi connectivity index (χ0v) is 9.63. The fourth-order valence-corrected chi connectivity index (χ4v) is 1.73. The number of carboxylic acid groups (broad SMARTS) is 1. The van der Waals surface area contributed by atoms with Crippen molar-refractivity contribution in [2.45, 2.75) is 25.4 Å². The molecule has 1 aromatic rings. The van der Waals surface area contributed by atoms with Crippen molar-refractivity contribution in [2.75, 3.05) is 7.11 Å². The van der Waals surface area contributed by atoms with Gasteiger partial charge in [-0.1, -0.05) is 13.8 Å². The summed E-state index contributed by atoms with van der Waals surface area (Å²) in [7, 11) is 1.24. The third-order valence-corrected chi connectivity index (χ3v) is 2.58. The van der Waals surface area contributed by atoms with Gasteiger partial charge >= 0.3 is 11.7 Å². The zero-order valence-electron chi connectivity index (χ0n) is 9.63. The van der Waals surface area contributed by atoms with Gasteiger partial charge in [0.2, 0.25) is 0 Å². The Hall–Kier alpha value is -1.96. The normalized spacial score (nSPS) is 13.4. The summed E-state index contributed by atoms with van der Waals surface area (Å²) in [6, 6.07) is 0. The first-order valence-corrected chi connectivity index (χ1v) is 4.76. The van der Waals surface area contributed by atoms with Crippen molar-refractivity contribution in [1.82, 2.24) is 10.2 Å². The molecule has 2 N–H and O–H groups in total. The highest BCUT2D eigenvalue weighted by molar-refractivity contribution is 5.75. The Bertz CT molecular complexity index is 440. The number of nitro groups is 1. The van der Waals surface area contributed by atoms with Crippen molar-refractivity contribution in [3.05, 3.63) is 22.0 Å². The van der Waals surface area contributed by atoms with Crippen molar-refractivity contribution in [3.63, 3.8) is 0 Å². The second kappa shape index (κ2) is 4.50. The van der Waals surface area contributed by atoms with Crippen molar-refractivity contribution in [1.29, 1.82) is 0 Å². The summed E-state index contributed by atoms with van der Waals surface area (Å²) in [5, 5.41) is 25.8. The molecule has 0 amide bonds. The smallest absolute Gasteiger partial charge is 0.333 e. The van der Waals surface area contributed by atoms with E-state index in [1.54, 1.807) is 0 Å². The number of hydrogen-bond donors (Lipinski definition) is 2. The molecule has 0 aromatic carbocycles. The van der Waals surface area contributed by atoms with Crippen LogP contribution in [0.15, 0.2) is 6.20 Å². The Morgan fingerprint density at radius 1 is 1.71 bits per heavy atom. The lowest BCUT2D eigenvalue weighted by Crippen LogP contribution is -2.42. The lowest BCUT2D eigenvalue weighted by atomic mass is 9.82. The topological polar surface area (TPSA) is 118 Å². The van der Waals surface area contributed by atoms with Gasteiger partial charge in [0.15, 0.2) is 6.10 Å². The summed E-state index contributed by atoms with van der Waals surface area (Å²) in [5.74, 6) is -1.19. The monoisotopic (exact) mass is 243 g/mol. The Morgan fingerprint density at radius 3 is 2.71 bits per heavy atom. The summed E-state index contributed by atoms with van der Waals surface area (Å²) >= 11 is 0. The quantitative estimate of drug-likeness (QED) is 0.580. The molecule has 8 heteroatoms. The molecule has 0 aliphatic heterocycles. The second-order valence-corrected chi connectivity index (χ2v) is 4.06. The van der Waals surface area contributed by atoms with Crippen LogP contribution in [0.2, 0.25) is 0 Å². The van der Waals surface area contributed by atoms with E-state index >= 15 is 0 Å². The largest absolute Gasteiger partial charge is 0.479 e. The standard InChI is InChI=1S/C9H13N3O5/c1-9(2,7(17-3)8(13)14)6-5(12(15)16)4-10-11-6/h4,7H,1-3H3,(H,10,11)(H,13,14). The molecular weight excluding hydrogens is 230 g/mol. The molecule has 0 aliphatic rings. The van der Waals surface area contributed by atoms with Gasteiger partial charge in [0.25, 0.3) is 0 Å². The number of carboxylic acids is 1. The van der Waals surface area contributed by atoms with E-state index in [1.807, 2.05) is 0 Å². The molecule has 1 aromatic heterocycles. The number of nitrogens with zero attached hydrogens (tertiary/aromatic N) is 2. The van der Waals surface area contributed by atoms with Crippen LogP contribution < -0.4 is 0 Å². The Balaban J connectivity index is 3.24. The Labute approximate surface area is 96.7 Å². The number of methoxy groups -OCH3 is 1. The molecule has 0 saturated heterocycles. The SMILES string of the molecule is COC(C(=O)O)C(C)(C)c1[nH]ncc1[N+](=O)[O-]. The predicted octanol–water partition coefficient (Wildman–Crippen LogP) is 0.695. The molecule has 0 fully saturated rings. The summed E-state index contributed by atoms with van der Waals surface area (Å²) in [4.78, 5) is 21.2. The third kappa shape index (κ3) is 2.26. The fraction of sp³-hybridized carbons (Fsp3) is 0.556. The maximum atomic E-state index is 11.0. The van der Waals surface area contributed by atoms with E-state index in [1.165, 1.54) is 21.0 Å². The van der Waals surface area contributed by atoms with Crippen molar-refractivity contribution in [3.8, 4) is 0 Å². The van der Waals surface area contributed by atoms with E-state index in [0.29, 0.717) is 0 Å². The van der Waals surface area contributed by atoms with Gasteiger partial charge in [-0.15, -0.1) is 0 Å². The summed E-state index contributed by atoms with van der Waals surface area (Å²) in [5.41, 5.74) is -1.23. The van der Waals surface area contributed by atoms with Gasteiger partial charge in [0, 0.05) is 7.11 Å². The van der Waals surface area contributed by atoms with Crippen molar-refractivity contribution in [2.24, 2.45) is 0 Å². The molecule has 0 aliphatic carbocycles. The predicted molar refractivity (Wildman–Crippen MR) is 56.7 cm³/mol. The minimum Gasteiger partial charge on any atom is -0.479 e. The first kappa shape index (κ1) is 13.1. The van der Waals surface area contributed by atoms with Crippen LogP contribution in [0.25, 0.3) is 0 Å². The van der Waals surface area contributed by atoms with E-state index in [0.717, 1.165) is 6.20 Å². The Morgan fingerprint density at radius 2 is 2.29 bits per heavy atom. The molecule has 0 radical (unpaired) electrons. The molecule has 1 heterocycles. The van der Waals surface area contributed by atoms with Crippen molar-refractivity contribution < 1.29 is 19.6 Å². The molecule has 1 unspecified atom stereocenters. The minimum atomic E-state index is -1.21. The van der Waals surface area contributed by atoms with Gasteiger partial charge in [-0.25, -0.2) is 4.79 Å². The van der Waals surface area contributed by atoms with Gasteiger partial charge in [0.05, 0.1) is 10.3 Å². The van der Waals surface area contributed by atoms with Crippen LogP contribution in [0.4, 0.5) is 5.69 Å². The molecular formula is C9H13N3O5. The number of hydrogen-bond acceptors (Lipinski definition) is 5. The maximum absolute atomic E-state index is 11.0. The number of aromatic nitrogens is 2. The van der Waals surface area contributed by atoms with E-state index < -0.39 is 22.4 Å². The van der Waals surface area contributed by atoms with E-state index in [9.17, 15) is 14.9 Å². The summed E-state index contributed by atoms with van der Waals surface area (Å²) < 4.78 is 4.87. The molecule has 0 saturated carbocycles. The lowest BCUT2D eigenvalue weighted by molar-refractivity contribution is -0.386. The third-order valence-electron chi connectivity index (χ3n) is 2.58. The van der Waals surface area contributed by atoms with E-state index in [2.05, 4.69) is 10.2 Å². The maximum Gasteiger partial charge on any atom is 0.333 e. The highest BCUT2D eigenvalue weighted by atomic mass is 16.6. The number of H-pyrrole nitrogens is 1. The Kier molecular flexibility index (Phi) is 3.47. The molecule has 1 atom stereocenters. The molecule has 0 bridgehead atoms. The van der Waals surface area contributed by atoms with Crippen molar-refractivity contribution >= 4 is 11.7 Å². The average Bonchev–Trinajstić information content (AvgIpc) is 2.65. The number of aromatic amines is 1. The lowest BCUT2D eigenvalue weighted by Gasteiger charge is -2.28. The van der Waals surface area contributed by atoms with Crippen LogP contribution in [-0.2, 0) is 14.9 Å². The number of ether oxygens (including phenoxy) is 1. The number of carbonyl (C=O) groups is 1. The molecule has 17 heavy (non-hydrogen) atoms. The summed E-state index contributed by atoms with van der Waals surface area (Å²) in [6.45, 7) is 3.08. The fourth-order valence-electron chi connectivity index (χ4n) is 1.73.